The van der Waals surface area contributed by atoms with Crippen LogP contribution < -0.4 is 5.56 Å². The molecule has 0 unspecified atom stereocenters. The number of pyridine rings is 1. The zero-order valence-corrected chi connectivity index (χ0v) is 22.5. The third kappa shape index (κ3) is 4.26. The summed E-state index contributed by atoms with van der Waals surface area (Å²) in [6, 6.07) is 7.45. The lowest BCUT2D eigenvalue weighted by molar-refractivity contribution is -0.137. The number of hydrogen-bond acceptors (Lipinski definition) is 4. The van der Waals surface area contributed by atoms with E-state index in [9.17, 15) is 27.9 Å². The molecule has 5 aromatic rings. The smallest absolute Gasteiger partial charge is 0.396 e. The van der Waals surface area contributed by atoms with Crippen LogP contribution in [0.1, 0.15) is 24.0 Å². The van der Waals surface area contributed by atoms with Crippen LogP contribution in [-0.4, -0.2) is 71.3 Å². The first kappa shape index (κ1) is 26.4. The molecule has 6 heterocycles. The van der Waals surface area contributed by atoms with Crippen molar-refractivity contribution in [3.8, 4) is 22.5 Å². The van der Waals surface area contributed by atoms with Gasteiger partial charge in [0.2, 0.25) is 0 Å². The van der Waals surface area contributed by atoms with E-state index in [1.807, 2.05) is 22.8 Å². The molecule has 7 rings (SSSR count). The number of aliphatic hydroxyl groups excluding tert-OH is 1. The number of benzene rings is 1. The summed E-state index contributed by atoms with van der Waals surface area (Å²) in [6.07, 6.45) is 1.86. The quantitative estimate of drug-likeness (QED) is 0.296. The number of likely N-dealkylation sites (tertiary alicyclic amines) is 1. The van der Waals surface area contributed by atoms with E-state index in [-0.39, 0.29) is 36.1 Å². The highest BCUT2D eigenvalue weighted by atomic mass is 19.4. The fraction of sp³-hybridized carbons (Fsp3) is 0.345. The molecule has 218 valence electrons. The lowest BCUT2D eigenvalue weighted by atomic mass is 9.98. The number of aromatic amines is 2. The molecule has 13 heteroatoms. The van der Waals surface area contributed by atoms with Crippen molar-refractivity contribution in [1.29, 1.82) is 0 Å². The molecule has 2 aliphatic rings. The molecule has 2 amide bonds. The van der Waals surface area contributed by atoms with Gasteiger partial charge in [-0.1, -0.05) is 6.07 Å². The second-order valence-corrected chi connectivity index (χ2v) is 11.0. The zero-order valence-electron chi connectivity index (χ0n) is 22.5. The SMILES string of the molecule is O=C(N1CCC(CO)CC1)N1CCn2cc(-c3c(-c4cnc5ccccn45)[nH][nH]c3=O)c3cc(C(F)(F)F)cc(c32)C1. The molecule has 1 saturated heterocycles. The number of alkyl halides is 3. The number of piperidine rings is 1. The van der Waals surface area contributed by atoms with E-state index in [4.69, 9.17) is 0 Å². The molecular formula is C29H28F3N7O3. The predicted octanol–water partition coefficient (Wildman–Crippen LogP) is 4.30. The number of H-pyrrole nitrogens is 2. The summed E-state index contributed by atoms with van der Waals surface area (Å²) in [5, 5.41) is 15.2. The second-order valence-electron chi connectivity index (χ2n) is 11.0. The number of fused-ring (bicyclic) bond motifs is 1. The Labute approximate surface area is 237 Å². The Hall–Kier alpha value is -4.52. The van der Waals surface area contributed by atoms with Crippen LogP contribution in [0, 0.1) is 5.92 Å². The van der Waals surface area contributed by atoms with E-state index in [0.717, 1.165) is 12.1 Å². The fourth-order valence-electron chi connectivity index (χ4n) is 6.30. The topological polar surface area (TPSA) is 115 Å². The fourth-order valence-corrected chi connectivity index (χ4v) is 6.30. The number of aromatic nitrogens is 5. The van der Waals surface area contributed by atoms with Crippen molar-refractivity contribution >= 4 is 22.6 Å². The van der Waals surface area contributed by atoms with E-state index in [1.54, 1.807) is 32.8 Å². The number of amides is 2. The van der Waals surface area contributed by atoms with Crippen LogP contribution in [-0.2, 0) is 19.3 Å². The maximum Gasteiger partial charge on any atom is 0.416 e. The van der Waals surface area contributed by atoms with Crippen molar-refractivity contribution < 1.29 is 23.1 Å². The van der Waals surface area contributed by atoms with Gasteiger partial charge >= 0.3 is 12.2 Å². The largest absolute Gasteiger partial charge is 0.416 e. The number of urea groups is 1. The maximum absolute atomic E-state index is 14.2. The van der Waals surface area contributed by atoms with E-state index in [0.29, 0.717) is 72.7 Å². The third-order valence-corrected chi connectivity index (χ3v) is 8.48. The highest BCUT2D eigenvalue weighted by Gasteiger charge is 2.35. The Morgan fingerprint density at radius 3 is 2.64 bits per heavy atom. The van der Waals surface area contributed by atoms with Gasteiger partial charge in [0, 0.05) is 62.7 Å². The molecule has 2 aliphatic heterocycles. The van der Waals surface area contributed by atoms with Gasteiger partial charge in [-0.3, -0.25) is 19.4 Å². The van der Waals surface area contributed by atoms with Gasteiger partial charge in [-0.05, 0) is 48.6 Å². The molecule has 42 heavy (non-hydrogen) atoms. The van der Waals surface area contributed by atoms with Crippen molar-refractivity contribution in [3.05, 3.63) is 70.4 Å². The van der Waals surface area contributed by atoms with Crippen molar-refractivity contribution in [2.75, 3.05) is 26.2 Å². The van der Waals surface area contributed by atoms with Crippen LogP contribution in [0.3, 0.4) is 0 Å². The van der Waals surface area contributed by atoms with Crippen molar-refractivity contribution in [2.45, 2.75) is 32.1 Å². The Morgan fingerprint density at radius 2 is 1.88 bits per heavy atom. The Balaban J connectivity index is 1.34. The molecule has 0 bridgehead atoms. The average Bonchev–Trinajstić information content (AvgIpc) is 3.65. The normalized spacial score (nSPS) is 16.5. The number of carbonyl (C=O) groups is 1. The van der Waals surface area contributed by atoms with Crippen molar-refractivity contribution in [3.63, 3.8) is 0 Å². The van der Waals surface area contributed by atoms with Gasteiger partial charge < -0.3 is 19.5 Å². The van der Waals surface area contributed by atoms with Crippen LogP contribution in [0.25, 0.3) is 39.1 Å². The summed E-state index contributed by atoms with van der Waals surface area (Å²) in [6.45, 7) is 1.72. The predicted molar refractivity (Wildman–Crippen MR) is 149 cm³/mol. The summed E-state index contributed by atoms with van der Waals surface area (Å²) in [7, 11) is 0. The van der Waals surface area contributed by atoms with Crippen molar-refractivity contribution in [2.24, 2.45) is 5.92 Å². The number of rotatable bonds is 3. The average molecular weight is 580 g/mol. The van der Waals surface area contributed by atoms with Crippen LogP contribution in [0.15, 0.2) is 53.7 Å². The first-order valence-electron chi connectivity index (χ1n) is 13.8. The first-order valence-corrected chi connectivity index (χ1v) is 13.8. The minimum absolute atomic E-state index is 0.00620. The molecule has 10 nitrogen and oxygen atoms in total. The number of carbonyl (C=O) groups excluding carboxylic acids is 1. The Morgan fingerprint density at radius 1 is 1.07 bits per heavy atom. The monoisotopic (exact) mass is 579 g/mol. The van der Waals surface area contributed by atoms with E-state index < -0.39 is 17.3 Å². The molecule has 4 aromatic heterocycles. The molecule has 0 aliphatic carbocycles. The summed E-state index contributed by atoms with van der Waals surface area (Å²) >= 11 is 0. The van der Waals surface area contributed by atoms with Gasteiger partial charge in [-0.15, -0.1) is 0 Å². The highest BCUT2D eigenvalue weighted by molar-refractivity contribution is 6.01. The van der Waals surface area contributed by atoms with E-state index in [2.05, 4.69) is 15.2 Å². The van der Waals surface area contributed by atoms with Gasteiger partial charge in [0.15, 0.2) is 0 Å². The molecule has 1 aromatic carbocycles. The van der Waals surface area contributed by atoms with E-state index >= 15 is 0 Å². The van der Waals surface area contributed by atoms with Crippen LogP contribution in [0.4, 0.5) is 18.0 Å². The number of aliphatic hydroxyl groups is 1. The molecule has 1 fully saturated rings. The third-order valence-electron chi connectivity index (χ3n) is 8.48. The minimum Gasteiger partial charge on any atom is -0.396 e. The number of hydrogen-bond donors (Lipinski definition) is 3. The Bertz CT molecular complexity index is 1870. The van der Waals surface area contributed by atoms with Crippen LogP contribution >= 0.6 is 0 Å². The molecule has 3 N–H and O–H groups in total. The standard InChI is InChI=1S/C29H28F3N7O3/c30-29(31,32)19-11-18-14-38(28(42)36-7-4-17(16-40)5-8-36)10-9-37-15-21(20(12-19)26(18)37)24-25(34-35-27(24)41)22-13-33-23-3-1-2-6-39(22)23/h1-3,6,11-13,15,17,40H,4-5,7-10,14,16H2,(H2,34,35,41). The Kier molecular flexibility index (Phi) is 6.15. The van der Waals surface area contributed by atoms with E-state index in [1.165, 1.54) is 0 Å². The van der Waals surface area contributed by atoms with Gasteiger partial charge in [0.1, 0.15) is 5.65 Å². The number of imidazole rings is 1. The number of nitrogens with zero attached hydrogens (tertiary/aromatic N) is 5. The minimum atomic E-state index is -4.63. The molecule has 0 radical (unpaired) electrons. The van der Waals surface area contributed by atoms with Crippen LogP contribution in [0.2, 0.25) is 0 Å². The molecular weight excluding hydrogens is 551 g/mol. The highest BCUT2D eigenvalue weighted by Crippen LogP contribution is 2.41. The van der Waals surface area contributed by atoms with Crippen LogP contribution in [0.5, 0.6) is 0 Å². The summed E-state index contributed by atoms with van der Waals surface area (Å²) in [4.78, 5) is 34.4. The van der Waals surface area contributed by atoms with Gasteiger partial charge in [0.25, 0.3) is 5.56 Å². The molecule has 0 saturated carbocycles. The lowest BCUT2D eigenvalue weighted by Gasteiger charge is -2.35. The molecule has 0 spiro atoms. The number of halogens is 3. The summed E-state index contributed by atoms with van der Waals surface area (Å²) in [5.74, 6) is 0.155. The van der Waals surface area contributed by atoms with Gasteiger partial charge in [0.05, 0.1) is 34.2 Å². The zero-order chi connectivity index (χ0) is 29.2. The summed E-state index contributed by atoms with van der Waals surface area (Å²) < 4.78 is 46.3. The maximum atomic E-state index is 14.2. The number of nitrogens with one attached hydrogen (secondary N) is 2. The van der Waals surface area contributed by atoms with Gasteiger partial charge in [-0.25, -0.2) is 9.78 Å². The molecule has 0 atom stereocenters. The first-order chi connectivity index (χ1) is 20.2. The summed E-state index contributed by atoms with van der Waals surface area (Å²) in [5.41, 5.74) is 1.87. The van der Waals surface area contributed by atoms with Crippen molar-refractivity contribution in [1.82, 2.24) is 33.9 Å². The lowest BCUT2D eigenvalue weighted by Crippen LogP contribution is -2.47. The second kappa shape index (κ2) is 9.79. The van der Waals surface area contributed by atoms with Gasteiger partial charge in [-0.2, -0.15) is 13.2 Å².